The molecule has 0 radical (unpaired) electrons. The Balaban J connectivity index is 2.10. The van der Waals surface area contributed by atoms with Crippen molar-refractivity contribution in [1.82, 2.24) is 4.90 Å². The molecular weight excluding hydrogens is 138 g/mol. The van der Waals surface area contributed by atoms with Gasteiger partial charge in [-0.1, -0.05) is 0 Å². The van der Waals surface area contributed by atoms with Crippen molar-refractivity contribution >= 4 is 6.29 Å². The van der Waals surface area contributed by atoms with Crippen molar-refractivity contribution in [1.29, 1.82) is 0 Å². The number of unbranched alkanes of at least 4 members (excludes halogenated alkanes) is 1. The van der Waals surface area contributed by atoms with E-state index in [9.17, 15) is 4.79 Å². The summed E-state index contributed by atoms with van der Waals surface area (Å²) in [6, 6.07) is 0.759. The molecule has 1 fully saturated rings. The van der Waals surface area contributed by atoms with Crippen LogP contribution in [0.15, 0.2) is 0 Å². The van der Waals surface area contributed by atoms with Gasteiger partial charge in [-0.05, 0) is 39.3 Å². The molecule has 0 amide bonds. The van der Waals surface area contributed by atoms with Gasteiger partial charge in [0.1, 0.15) is 6.29 Å². The van der Waals surface area contributed by atoms with Crippen LogP contribution in [-0.4, -0.2) is 30.8 Å². The summed E-state index contributed by atoms with van der Waals surface area (Å²) in [7, 11) is 2.18. The first-order valence-electron chi connectivity index (χ1n) is 4.48. The van der Waals surface area contributed by atoms with Gasteiger partial charge in [0.2, 0.25) is 0 Å². The van der Waals surface area contributed by atoms with Gasteiger partial charge in [-0.2, -0.15) is 0 Å². The van der Waals surface area contributed by atoms with Crippen LogP contribution in [0.5, 0.6) is 0 Å². The minimum Gasteiger partial charge on any atom is -0.303 e. The molecule has 0 spiro atoms. The van der Waals surface area contributed by atoms with Crippen LogP contribution < -0.4 is 0 Å². The maximum atomic E-state index is 10.0. The van der Waals surface area contributed by atoms with Gasteiger partial charge in [-0.3, -0.25) is 0 Å². The number of hydrogen-bond acceptors (Lipinski definition) is 2. The van der Waals surface area contributed by atoms with Crippen molar-refractivity contribution < 1.29 is 4.79 Å². The number of carbonyl (C=O) groups is 1. The van der Waals surface area contributed by atoms with Crippen molar-refractivity contribution in [2.45, 2.75) is 38.1 Å². The molecule has 0 bridgehead atoms. The first-order chi connectivity index (χ1) is 5.34. The predicted octanol–water partition coefficient (Wildman–Crippen LogP) is 1.45. The van der Waals surface area contributed by atoms with Crippen molar-refractivity contribution in [2.75, 3.05) is 13.6 Å². The summed E-state index contributed by atoms with van der Waals surface area (Å²) < 4.78 is 0. The Labute approximate surface area is 68.6 Å². The molecule has 1 unspecified atom stereocenters. The van der Waals surface area contributed by atoms with Crippen LogP contribution in [0, 0.1) is 0 Å². The van der Waals surface area contributed by atoms with Gasteiger partial charge in [-0.15, -0.1) is 0 Å². The normalized spacial score (nSPS) is 25.7. The Kier molecular flexibility index (Phi) is 3.57. The standard InChI is InChI=1S/C9H17NO/c1-10-7-4-6-9(10)5-2-3-8-11/h8-9H,2-7H2,1H3. The largest absolute Gasteiger partial charge is 0.303 e. The average Bonchev–Trinajstić information content (AvgIpc) is 2.37. The molecule has 2 nitrogen and oxygen atoms in total. The van der Waals surface area contributed by atoms with Gasteiger partial charge >= 0.3 is 0 Å². The molecule has 1 rings (SSSR count). The molecule has 1 heterocycles. The van der Waals surface area contributed by atoms with Crippen LogP contribution in [0.2, 0.25) is 0 Å². The van der Waals surface area contributed by atoms with E-state index in [0.717, 1.165) is 25.2 Å². The van der Waals surface area contributed by atoms with Gasteiger partial charge in [0.25, 0.3) is 0 Å². The predicted molar refractivity (Wildman–Crippen MR) is 45.6 cm³/mol. The quantitative estimate of drug-likeness (QED) is 0.452. The van der Waals surface area contributed by atoms with E-state index in [0.29, 0.717) is 0 Å². The third-order valence-corrected chi connectivity index (χ3v) is 2.53. The van der Waals surface area contributed by atoms with Crippen LogP contribution >= 0.6 is 0 Å². The van der Waals surface area contributed by atoms with E-state index in [2.05, 4.69) is 11.9 Å². The van der Waals surface area contributed by atoms with Crippen LogP contribution in [0.1, 0.15) is 32.1 Å². The lowest BCUT2D eigenvalue weighted by Crippen LogP contribution is -2.24. The van der Waals surface area contributed by atoms with Gasteiger partial charge in [0.05, 0.1) is 0 Å². The first-order valence-corrected chi connectivity index (χ1v) is 4.48. The van der Waals surface area contributed by atoms with E-state index in [1.807, 2.05) is 0 Å². The number of rotatable bonds is 4. The number of nitrogens with zero attached hydrogens (tertiary/aromatic N) is 1. The average molecular weight is 155 g/mol. The van der Waals surface area contributed by atoms with E-state index < -0.39 is 0 Å². The van der Waals surface area contributed by atoms with Gasteiger partial charge in [0, 0.05) is 12.5 Å². The zero-order valence-electron chi connectivity index (χ0n) is 7.25. The second-order valence-electron chi connectivity index (χ2n) is 3.37. The molecule has 11 heavy (non-hydrogen) atoms. The molecule has 0 aliphatic carbocycles. The highest BCUT2D eigenvalue weighted by Crippen LogP contribution is 2.19. The summed E-state index contributed by atoms with van der Waals surface area (Å²) in [4.78, 5) is 12.5. The highest BCUT2D eigenvalue weighted by molar-refractivity contribution is 5.48. The Morgan fingerprint density at radius 2 is 2.45 bits per heavy atom. The molecule has 0 N–H and O–H groups in total. The van der Waals surface area contributed by atoms with E-state index in [-0.39, 0.29) is 0 Å². The summed E-state index contributed by atoms with van der Waals surface area (Å²) in [5.74, 6) is 0. The lowest BCUT2D eigenvalue weighted by molar-refractivity contribution is -0.107. The number of hydrogen-bond donors (Lipinski definition) is 0. The smallest absolute Gasteiger partial charge is 0.119 e. The third-order valence-electron chi connectivity index (χ3n) is 2.53. The third kappa shape index (κ3) is 2.62. The summed E-state index contributed by atoms with van der Waals surface area (Å²) in [5.41, 5.74) is 0. The highest BCUT2D eigenvalue weighted by atomic mass is 16.1. The van der Waals surface area contributed by atoms with E-state index in [1.165, 1.54) is 25.8 Å². The van der Waals surface area contributed by atoms with Crippen LogP contribution in [0.3, 0.4) is 0 Å². The van der Waals surface area contributed by atoms with Crippen LogP contribution in [-0.2, 0) is 4.79 Å². The van der Waals surface area contributed by atoms with Gasteiger partial charge < -0.3 is 9.69 Å². The van der Waals surface area contributed by atoms with E-state index >= 15 is 0 Å². The second kappa shape index (κ2) is 4.50. The minimum atomic E-state index is 0.740. The fourth-order valence-electron chi connectivity index (χ4n) is 1.78. The molecule has 1 atom stereocenters. The lowest BCUT2D eigenvalue weighted by atomic mass is 10.1. The zero-order chi connectivity index (χ0) is 8.10. The molecule has 2 heteroatoms. The highest BCUT2D eigenvalue weighted by Gasteiger charge is 2.19. The zero-order valence-corrected chi connectivity index (χ0v) is 7.25. The lowest BCUT2D eigenvalue weighted by Gasteiger charge is -2.18. The molecule has 0 aromatic carbocycles. The number of likely N-dealkylation sites (tertiary alicyclic amines) is 1. The molecule has 0 saturated carbocycles. The fourth-order valence-corrected chi connectivity index (χ4v) is 1.78. The molecule has 0 aromatic rings. The minimum absolute atomic E-state index is 0.740. The maximum Gasteiger partial charge on any atom is 0.119 e. The molecular formula is C9H17NO. The van der Waals surface area contributed by atoms with Crippen molar-refractivity contribution in [3.8, 4) is 0 Å². The maximum absolute atomic E-state index is 10.0. The fraction of sp³-hybridized carbons (Fsp3) is 0.889. The Bertz CT molecular complexity index is 125. The summed E-state index contributed by atoms with van der Waals surface area (Å²) >= 11 is 0. The SMILES string of the molecule is CN1CCCC1CCCC=O. The molecule has 0 aromatic heterocycles. The van der Waals surface area contributed by atoms with Crippen molar-refractivity contribution in [2.24, 2.45) is 0 Å². The molecule has 1 aliphatic rings. The van der Waals surface area contributed by atoms with Crippen LogP contribution in [0.4, 0.5) is 0 Å². The Morgan fingerprint density at radius 1 is 1.64 bits per heavy atom. The monoisotopic (exact) mass is 155 g/mol. The molecule has 64 valence electrons. The molecule has 1 aliphatic heterocycles. The van der Waals surface area contributed by atoms with Gasteiger partial charge in [0.15, 0.2) is 0 Å². The first kappa shape index (κ1) is 8.72. The topological polar surface area (TPSA) is 20.3 Å². The number of carbonyl (C=O) groups excluding carboxylic acids is 1. The summed E-state index contributed by atoms with van der Waals surface area (Å²) in [6.45, 7) is 1.24. The second-order valence-corrected chi connectivity index (χ2v) is 3.37. The Hall–Kier alpha value is -0.370. The van der Waals surface area contributed by atoms with Crippen LogP contribution in [0.25, 0.3) is 0 Å². The number of aldehydes is 1. The van der Waals surface area contributed by atoms with Crippen molar-refractivity contribution in [3.05, 3.63) is 0 Å². The molecule has 1 saturated heterocycles. The Morgan fingerprint density at radius 3 is 3.00 bits per heavy atom. The van der Waals surface area contributed by atoms with E-state index in [1.54, 1.807) is 0 Å². The van der Waals surface area contributed by atoms with E-state index in [4.69, 9.17) is 0 Å². The van der Waals surface area contributed by atoms with Crippen molar-refractivity contribution in [3.63, 3.8) is 0 Å². The summed E-state index contributed by atoms with van der Waals surface area (Å²) in [5, 5.41) is 0. The summed E-state index contributed by atoms with van der Waals surface area (Å²) in [6.07, 6.45) is 6.70. The van der Waals surface area contributed by atoms with Gasteiger partial charge in [-0.25, -0.2) is 0 Å².